The number of carbonyl (C=O) groups excluding carboxylic acids is 1. The number of aryl methyl sites for hydroxylation is 1. The van der Waals surface area contributed by atoms with Crippen molar-refractivity contribution in [2.45, 2.75) is 26.7 Å². The molecule has 0 aliphatic heterocycles. The van der Waals surface area contributed by atoms with Gasteiger partial charge in [-0.15, -0.1) is 0 Å². The van der Waals surface area contributed by atoms with E-state index in [2.05, 4.69) is 11.8 Å². The van der Waals surface area contributed by atoms with Gasteiger partial charge in [-0.05, 0) is 31.0 Å². The fourth-order valence-electron chi connectivity index (χ4n) is 1.29. The lowest BCUT2D eigenvalue weighted by molar-refractivity contribution is -0.182. The summed E-state index contributed by atoms with van der Waals surface area (Å²) in [4.78, 5) is 14.5. The predicted octanol–water partition coefficient (Wildman–Crippen LogP) is 1.85. The minimum absolute atomic E-state index is 0.187. The second kappa shape index (κ2) is 8.55. The summed E-state index contributed by atoms with van der Waals surface area (Å²) in [6.07, 6.45) is 1.93. The zero-order valence-electron chi connectivity index (χ0n) is 10.1. The van der Waals surface area contributed by atoms with Crippen LogP contribution >= 0.6 is 0 Å². The van der Waals surface area contributed by atoms with Crippen molar-refractivity contribution in [1.82, 2.24) is 0 Å². The van der Waals surface area contributed by atoms with Crippen LogP contribution in [-0.2, 0) is 11.3 Å². The lowest BCUT2D eigenvalue weighted by Gasteiger charge is -2.04. The Bertz CT molecular complexity index is 352. The number of nitrogens with two attached hydrogens (primary N) is 1. The Kier molecular flexibility index (Phi) is 7.75. The first-order valence-electron chi connectivity index (χ1n) is 5.45. The first-order valence-corrected chi connectivity index (χ1v) is 5.45. The van der Waals surface area contributed by atoms with Crippen molar-refractivity contribution in [3.05, 3.63) is 29.3 Å². The molecule has 0 atom stereocenters. The normalized spacial score (nSPS) is 9.18. The zero-order chi connectivity index (χ0) is 13.3. The molecule has 0 heterocycles. The number of aliphatic hydroxyl groups is 1. The molecule has 1 rings (SSSR count). The van der Waals surface area contributed by atoms with Crippen molar-refractivity contribution < 1.29 is 20.0 Å². The molecular formula is C12H19NO4. The first kappa shape index (κ1) is 15.4. The number of anilines is 1. The standard InChI is InChI=1S/C10H13NO3.C2H6O/c1-2-3-7-4-5-8(9(11)6-7)10(12)14-13;1-2-3/h4-6,13H,2-3,11H2,1H3;3H,2H2,1H3. The number of hydrogen-bond acceptors (Lipinski definition) is 5. The van der Waals surface area contributed by atoms with Gasteiger partial charge in [0.2, 0.25) is 0 Å². The molecule has 4 N–H and O–H groups in total. The van der Waals surface area contributed by atoms with Crippen molar-refractivity contribution in [3.8, 4) is 0 Å². The van der Waals surface area contributed by atoms with Crippen molar-refractivity contribution in [2.75, 3.05) is 12.3 Å². The summed E-state index contributed by atoms with van der Waals surface area (Å²) in [6, 6.07) is 5.07. The molecule has 0 saturated carbocycles. The van der Waals surface area contributed by atoms with E-state index in [1.807, 2.05) is 0 Å². The molecule has 0 bridgehead atoms. The van der Waals surface area contributed by atoms with E-state index in [0.29, 0.717) is 5.69 Å². The molecule has 1 aromatic carbocycles. The van der Waals surface area contributed by atoms with Crippen LogP contribution in [0.15, 0.2) is 18.2 Å². The smallest absolute Gasteiger partial charge is 0.374 e. The van der Waals surface area contributed by atoms with Crippen LogP contribution in [0.2, 0.25) is 0 Å². The summed E-state index contributed by atoms with van der Waals surface area (Å²) in [5.41, 5.74) is 7.20. The van der Waals surface area contributed by atoms with Gasteiger partial charge in [-0.3, -0.25) is 4.89 Å². The number of nitrogen functional groups attached to an aromatic ring is 1. The largest absolute Gasteiger partial charge is 0.398 e. The predicted molar refractivity (Wildman–Crippen MR) is 65.7 cm³/mol. The highest BCUT2D eigenvalue weighted by Crippen LogP contribution is 2.16. The molecule has 96 valence electrons. The fourth-order valence-corrected chi connectivity index (χ4v) is 1.29. The molecular weight excluding hydrogens is 222 g/mol. The average Bonchev–Trinajstić information content (AvgIpc) is 2.30. The fraction of sp³-hybridized carbons (Fsp3) is 0.417. The van der Waals surface area contributed by atoms with Gasteiger partial charge < -0.3 is 10.8 Å². The molecule has 0 aliphatic carbocycles. The third-order valence-electron chi connectivity index (χ3n) is 1.96. The van der Waals surface area contributed by atoms with Gasteiger partial charge in [0.25, 0.3) is 0 Å². The van der Waals surface area contributed by atoms with Crippen molar-refractivity contribution >= 4 is 11.7 Å². The highest BCUT2D eigenvalue weighted by atomic mass is 17.1. The van der Waals surface area contributed by atoms with Gasteiger partial charge in [0.1, 0.15) is 0 Å². The zero-order valence-corrected chi connectivity index (χ0v) is 10.1. The molecule has 5 nitrogen and oxygen atoms in total. The maximum Gasteiger partial charge on any atom is 0.374 e. The summed E-state index contributed by atoms with van der Waals surface area (Å²) >= 11 is 0. The highest BCUT2D eigenvalue weighted by Gasteiger charge is 2.10. The molecule has 0 aromatic heterocycles. The Hall–Kier alpha value is -1.59. The summed E-state index contributed by atoms with van der Waals surface area (Å²) < 4.78 is 0. The second-order valence-electron chi connectivity index (χ2n) is 3.37. The molecule has 17 heavy (non-hydrogen) atoms. The van der Waals surface area contributed by atoms with E-state index in [9.17, 15) is 4.79 Å². The van der Waals surface area contributed by atoms with Crippen LogP contribution in [0, 0.1) is 0 Å². The number of rotatable bonds is 3. The third kappa shape index (κ3) is 5.33. The quantitative estimate of drug-likeness (QED) is 0.426. The first-order chi connectivity index (χ1) is 8.10. The van der Waals surface area contributed by atoms with E-state index < -0.39 is 5.97 Å². The van der Waals surface area contributed by atoms with Gasteiger partial charge in [-0.2, -0.15) is 5.26 Å². The molecule has 0 aliphatic rings. The molecule has 0 radical (unpaired) electrons. The number of benzene rings is 1. The topological polar surface area (TPSA) is 92.8 Å². The van der Waals surface area contributed by atoms with Crippen molar-refractivity contribution in [1.29, 1.82) is 0 Å². The second-order valence-corrected chi connectivity index (χ2v) is 3.37. The molecule has 0 spiro atoms. The van der Waals surface area contributed by atoms with Crippen molar-refractivity contribution in [3.63, 3.8) is 0 Å². The van der Waals surface area contributed by atoms with E-state index in [1.165, 1.54) is 0 Å². The molecule has 1 aromatic rings. The Balaban J connectivity index is 0.000000770. The SMILES string of the molecule is CCCc1ccc(C(=O)OO)c(N)c1.CCO. The Morgan fingerprint density at radius 1 is 1.41 bits per heavy atom. The molecule has 0 fully saturated rings. The van der Waals surface area contributed by atoms with Crippen LogP contribution in [0.5, 0.6) is 0 Å². The van der Waals surface area contributed by atoms with Gasteiger partial charge in [-0.1, -0.05) is 19.4 Å². The minimum atomic E-state index is -0.828. The maximum absolute atomic E-state index is 11.0. The van der Waals surface area contributed by atoms with Crippen LogP contribution in [0.4, 0.5) is 5.69 Å². The van der Waals surface area contributed by atoms with E-state index in [-0.39, 0.29) is 12.2 Å². The van der Waals surface area contributed by atoms with Crippen LogP contribution in [0.25, 0.3) is 0 Å². The van der Waals surface area contributed by atoms with E-state index in [0.717, 1.165) is 18.4 Å². The Labute approximate surface area is 101 Å². The van der Waals surface area contributed by atoms with Crippen molar-refractivity contribution in [2.24, 2.45) is 0 Å². The Morgan fingerprint density at radius 2 is 2.00 bits per heavy atom. The highest BCUT2D eigenvalue weighted by molar-refractivity contribution is 5.94. The third-order valence-corrected chi connectivity index (χ3v) is 1.96. The van der Waals surface area contributed by atoms with Crippen LogP contribution < -0.4 is 5.73 Å². The van der Waals surface area contributed by atoms with Gasteiger partial charge >= 0.3 is 5.97 Å². The minimum Gasteiger partial charge on any atom is -0.398 e. The molecule has 5 heteroatoms. The lowest BCUT2D eigenvalue weighted by Crippen LogP contribution is -2.06. The van der Waals surface area contributed by atoms with Gasteiger partial charge in [0.15, 0.2) is 0 Å². The lowest BCUT2D eigenvalue weighted by atomic mass is 10.1. The van der Waals surface area contributed by atoms with Gasteiger partial charge in [0.05, 0.1) is 5.56 Å². The summed E-state index contributed by atoms with van der Waals surface area (Å²) in [5, 5.41) is 15.7. The number of carbonyl (C=O) groups is 1. The van der Waals surface area contributed by atoms with Crippen LogP contribution in [0.3, 0.4) is 0 Å². The van der Waals surface area contributed by atoms with Gasteiger partial charge in [0, 0.05) is 12.3 Å². The maximum atomic E-state index is 11.0. The number of aliphatic hydroxyl groups excluding tert-OH is 1. The molecule has 0 amide bonds. The van der Waals surface area contributed by atoms with E-state index in [4.69, 9.17) is 16.1 Å². The Morgan fingerprint density at radius 3 is 2.41 bits per heavy atom. The number of hydrogen-bond donors (Lipinski definition) is 3. The van der Waals surface area contributed by atoms with Crippen LogP contribution in [-0.4, -0.2) is 22.9 Å². The summed E-state index contributed by atoms with van der Waals surface area (Å²) in [5.74, 6) is -0.828. The molecule has 0 unspecified atom stereocenters. The monoisotopic (exact) mass is 241 g/mol. The summed E-state index contributed by atoms with van der Waals surface area (Å²) in [6.45, 7) is 3.99. The van der Waals surface area contributed by atoms with Gasteiger partial charge in [-0.25, -0.2) is 4.79 Å². The van der Waals surface area contributed by atoms with E-state index in [1.54, 1.807) is 25.1 Å². The van der Waals surface area contributed by atoms with Crippen LogP contribution in [0.1, 0.15) is 36.2 Å². The molecule has 0 saturated heterocycles. The van der Waals surface area contributed by atoms with E-state index >= 15 is 0 Å². The summed E-state index contributed by atoms with van der Waals surface area (Å²) in [7, 11) is 0. The average molecular weight is 241 g/mol.